The Morgan fingerprint density at radius 3 is 2.47 bits per heavy atom. The Morgan fingerprint density at radius 1 is 1.47 bits per heavy atom. The lowest BCUT2D eigenvalue weighted by atomic mass is 10.4. The van der Waals surface area contributed by atoms with E-state index in [1.165, 1.54) is 4.68 Å². The lowest BCUT2D eigenvalue weighted by Crippen LogP contribution is -2.10. The predicted octanol–water partition coefficient (Wildman–Crippen LogP) is -0.366. The summed E-state index contributed by atoms with van der Waals surface area (Å²) in [5.74, 6) is -0.0640. The van der Waals surface area contributed by atoms with E-state index in [-0.39, 0.29) is 18.0 Å². The molecule has 0 atom stereocenters. The van der Waals surface area contributed by atoms with Crippen LogP contribution in [0.25, 0.3) is 0 Å². The molecule has 0 aliphatic rings. The first-order valence-electron chi connectivity index (χ1n) is 4.35. The van der Waals surface area contributed by atoms with Crippen molar-refractivity contribution in [2.24, 2.45) is 0 Å². The Hall–Kier alpha value is -1.28. The number of hydrogen-bond acceptors (Lipinski definition) is 5. The molecule has 0 aromatic carbocycles. The number of hydrogen-bond donors (Lipinski definition) is 3. The van der Waals surface area contributed by atoms with Crippen LogP contribution in [0.15, 0.2) is 0 Å². The number of nitrogens with two attached hydrogens (primary N) is 2. The van der Waals surface area contributed by atoms with E-state index >= 15 is 0 Å². The zero-order valence-corrected chi connectivity index (χ0v) is 9.16. The molecule has 1 rings (SSSR count). The summed E-state index contributed by atoms with van der Waals surface area (Å²) in [6, 6.07) is 0. The van der Waals surface area contributed by atoms with Gasteiger partial charge in [-0.2, -0.15) is 13.5 Å². The van der Waals surface area contributed by atoms with Crippen LogP contribution < -0.4 is 11.5 Å². The van der Waals surface area contributed by atoms with Crippen LogP contribution in [-0.4, -0.2) is 28.5 Å². The summed E-state index contributed by atoms with van der Waals surface area (Å²) in [6.45, 7) is 2.10. The van der Waals surface area contributed by atoms with E-state index in [0.717, 1.165) is 0 Å². The van der Waals surface area contributed by atoms with Gasteiger partial charge in [0.1, 0.15) is 0 Å². The van der Waals surface area contributed by atoms with Crippen LogP contribution >= 0.6 is 0 Å². The number of rotatable bonds is 4. The van der Waals surface area contributed by atoms with Gasteiger partial charge in [0, 0.05) is 6.54 Å². The third-order valence-electron chi connectivity index (χ3n) is 2.05. The van der Waals surface area contributed by atoms with Gasteiger partial charge < -0.3 is 11.5 Å². The van der Waals surface area contributed by atoms with Crippen LogP contribution in [0.5, 0.6) is 0 Å². The van der Waals surface area contributed by atoms with E-state index in [2.05, 4.69) is 5.10 Å². The summed E-state index contributed by atoms with van der Waals surface area (Å²) in [5.41, 5.74) is 12.2. The average Bonchev–Trinajstić information content (AvgIpc) is 2.32. The van der Waals surface area contributed by atoms with Crippen molar-refractivity contribution in [1.29, 1.82) is 0 Å². The van der Waals surface area contributed by atoms with Crippen molar-refractivity contribution < 1.29 is 13.0 Å². The molecule has 0 fully saturated rings. The monoisotopic (exact) mass is 234 g/mol. The zero-order valence-electron chi connectivity index (χ0n) is 8.34. The molecule has 0 aliphatic carbocycles. The summed E-state index contributed by atoms with van der Waals surface area (Å²) in [4.78, 5) is 0. The second-order valence-electron chi connectivity index (χ2n) is 3.25. The normalized spacial score (nSPS) is 11.9. The van der Waals surface area contributed by atoms with Gasteiger partial charge in [-0.15, -0.1) is 0 Å². The molecular formula is C7H14N4O3S. The van der Waals surface area contributed by atoms with Gasteiger partial charge >= 0.3 is 0 Å². The molecule has 7 nitrogen and oxygen atoms in total. The quantitative estimate of drug-likeness (QED) is 0.611. The van der Waals surface area contributed by atoms with Crippen molar-refractivity contribution in [3.05, 3.63) is 5.69 Å². The minimum absolute atomic E-state index is 0.236. The standard InChI is InChI=1S/C7H14N4O3S/c1-5-6(8)7(9)10-11(5)3-2-4-15(12,13)14/h2-4,8H2,1H3,(H2,9,10)(H,12,13,14). The van der Waals surface area contributed by atoms with E-state index < -0.39 is 10.1 Å². The maximum Gasteiger partial charge on any atom is 0.264 e. The lowest BCUT2D eigenvalue weighted by Gasteiger charge is -2.02. The van der Waals surface area contributed by atoms with Gasteiger partial charge in [-0.1, -0.05) is 0 Å². The summed E-state index contributed by atoms with van der Waals surface area (Å²) in [5, 5.41) is 3.92. The summed E-state index contributed by atoms with van der Waals surface area (Å²) in [7, 11) is -3.91. The van der Waals surface area contributed by atoms with Gasteiger partial charge in [0.05, 0.1) is 17.1 Å². The topological polar surface area (TPSA) is 124 Å². The van der Waals surface area contributed by atoms with Gasteiger partial charge in [-0.05, 0) is 13.3 Å². The summed E-state index contributed by atoms with van der Waals surface area (Å²) in [6.07, 6.45) is 0.264. The van der Waals surface area contributed by atoms with Crippen LogP contribution in [0, 0.1) is 6.92 Å². The van der Waals surface area contributed by atoms with Crippen LogP contribution in [-0.2, 0) is 16.7 Å². The number of nitrogens with zero attached hydrogens (tertiary/aromatic N) is 2. The second kappa shape index (κ2) is 4.07. The first-order chi connectivity index (χ1) is 6.81. The molecule has 0 bridgehead atoms. The van der Waals surface area contributed by atoms with Gasteiger partial charge in [-0.3, -0.25) is 9.23 Å². The molecule has 1 aromatic heterocycles. The average molecular weight is 234 g/mol. The molecule has 0 aliphatic heterocycles. The Kier molecular flexibility index (Phi) is 3.20. The molecule has 5 N–H and O–H groups in total. The molecule has 0 saturated carbocycles. The van der Waals surface area contributed by atoms with Crippen LogP contribution in [0.3, 0.4) is 0 Å². The van der Waals surface area contributed by atoms with Gasteiger partial charge in [-0.25, -0.2) is 0 Å². The van der Waals surface area contributed by atoms with E-state index in [4.69, 9.17) is 16.0 Å². The van der Waals surface area contributed by atoms with E-state index in [9.17, 15) is 8.42 Å². The number of aryl methyl sites for hydroxylation is 1. The second-order valence-corrected chi connectivity index (χ2v) is 4.82. The van der Waals surface area contributed by atoms with Crippen molar-refractivity contribution in [2.45, 2.75) is 19.9 Å². The van der Waals surface area contributed by atoms with Crippen molar-refractivity contribution in [2.75, 3.05) is 17.2 Å². The molecular weight excluding hydrogens is 220 g/mol. The van der Waals surface area contributed by atoms with Gasteiger partial charge in [0.15, 0.2) is 5.82 Å². The summed E-state index contributed by atoms with van der Waals surface area (Å²) >= 11 is 0. The highest BCUT2D eigenvalue weighted by Gasteiger charge is 2.10. The molecule has 8 heteroatoms. The van der Waals surface area contributed by atoms with Crippen LogP contribution in [0.2, 0.25) is 0 Å². The maximum atomic E-state index is 10.5. The maximum absolute atomic E-state index is 10.5. The van der Waals surface area contributed by atoms with Crippen LogP contribution in [0.1, 0.15) is 12.1 Å². The fourth-order valence-corrected chi connectivity index (χ4v) is 1.69. The highest BCUT2D eigenvalue weighted by Crippen LogP contribution is 2.17. The van der Waals surface area contributed by atoms with Crippen LogP contribution in [0.4, 0.5) is 11.5 Å². The molecule has 1 aromatic rings. The van der Waals surface area contributed by atoms with Crippen molar-refractivity contribution >= 4 is 21.6 Å². The Bertz CT molecular complexity index is 451. The molecule has 0 spiro atoms. The molecule has 86 valence electrons. The van der Waals surface area contributed by atoms with Gasteiger partial charge in [0.25, 0.3) is 10.1 Å². The summed E-state index contributed by atoms with van der Waals surface area (Å²) < 4.78 is 31.0. The number of anilines is 2. The fourth-order valence-electron chi connectivity index (χ4n) is 1.20. The third kappa shape index (κ3) is 3.10. The Labute approximate surface area is 87.8 Å². The van der Waals surface area contributed by atoms with Crippen molar-refractivity contribution in [3.8, 4) is 0 Å². The number of nitrogen functional groups attached to an aromatic ring is 2. The van der Waals surface area contributed by atoms with E-state index in [1.54, 1.807) is 6.92 Å². The highest BCUT2D eigenvalue weighted by molar-refractivity contribution is 7.85. The Balaban J connectivity index is 2.63. The van der Waals surface area contributed by atoms with Crippen molar-refractivity contribution in [1.82, 2.24) is 9.78 Å². The highest BCUT2D eigenvalue weighted by atomic mass is 32.2. The third-order valence-corrected chi connectivity index (χ3v) is 2.86. The fraction of sp³-hybridized carbons (Fsp3) is 0.571. The largest absolute Gasteiger partial charge is 0.394 e. The molecule has 15 heavy (non-hydrogen) atoms. The first kappa shape index (κ1) is 11.8. The molecule has 1 heterocycles. The smallest absolute Gasteiger partial charge is 0.264 e. The molecule has 0 unspecified atom stereocenters. The van der Waals surface area contributed by atoms with E-state index in [0.29, 0.717) is 17.9 Å². The van der Waals surface area contributed by atoms with Gasteiger partial charge in [0.2, 0.25) is 0 Å². The minimum atomic E-state index is -3.91. The molecule has 0 radical (unpaired) electrons. The first-order valence-corrected chi connectivity index (χ1v) is 5.95. The molecule has 0 saturated heterocycles. The number of aromatic nitrogens is 2. The SMILES string of the molecule is Cc1c(N)c(N)nn1CCCS(=O)(=O)O. The Morgan fingerprint density at radius 2 is 2.07 bits per heavy atom. The molecule has 0 amide bonds. The van der Waals surface area contributed by atoms with Crippen molar-refractivity contribution in [3.63, 3.8) is 0 Å². The lowest BCUT2D eigenvalue weighted by molar-refractivity contribution is 0.476. The minimum Gasteiger partial charge on any atom is -0.394 e. The van der Waals surface area contributed by atoms with E-state index in [1.807, 2.05) is 0 Å². The zero-order chi connectivity index (χ0) is 11.6. The predicted molar refractivity (Wildman–Crippen MR) is 56.8 cm³/mol.